The Hall–Kier alpha value is -1.08. The van der Waals surface area contributed by atoms with E-state index in [-0.39, 0.29) is 11.2 Å². The summed E-state index contributed by atoms with van der Waals surface area (Å²) >= 11 is 5.80. The molecule has 0 saturated heterocycles. The van der Waals surface area contributed by atoms with Crippen molar-refractivity contribution in [1.82, 2.24) is 0 Å². The molecule has 92 valence electrons. The van der Waals surface area contributed by atoms with E-state index in [1.807, 2.05) is 44.2 Å². The van der Waals surface area contributed by atoms with Gasteiger partial charge in [-0.1, -0.05) is 57.5 Å². The number of benzene rings is 1. The van der Waals surface area contributed by atoms with Gasteiger partial charge in [-0.25, -0.2) is 0 Å². The Bertz CT molecular complexity index is 413. The largest absolute Gasteiger partial charge is 0.294 e. The van der Waals surface area contributed by atoms with Crippen LogP contribution in [0.15, 0.2) is 30.3 Å². The van der Waals surface area contributed by atoms with Gasteiger partial charge in [0.15, 0.2) is 5.78 Å². The second-order valence-corrected chi connectivity index (χ2v) is 5.56. The van der Waals surface area contributed by atoms with Crippen LogP contribution >= 0.6 is 11.6 Å². The first-order valence-electron chi connectivity index (χ1n) is 5.82. The lowest BCUT2D eigenvalue weighted by atomic mass is 9.77. The van der Waals surface area contributed by atoms with Crippen molar-refractivity contribution in [2.24, 2.45) is 11.3 Å². The van der Waals surface area contributed by atoms with Crippen molar-refractivity contribution < 1.29 is 4.79 Å². The third kappa shape index (κ3) is 3.71. The number of carbonyl (C=O) groups excluding carboxylic acids is 1. The summed E-state index contributed by atoms with van der Waals surface area (Å²) in [5.74, 6) is 0.479. The molecule has 0 spiro atoms. The minimum absolute atomic E-state index is 0.155. The van der Waals surface area contributed by atoms with Crippen molar-refractivity contribution in [3.05, 3.63) is 40.9 Å². The van der Waals surface area contributed by atoms with Crippen molar-refractivity contribution in [1.29, 1.82) is 0 Å². The quantitative estimate of drug-likeness (QED) is 0.714. The van der Waals surface area contributed by atoms with Crippen molar-refractivity contribution >= 4 is 23.5 Å². The maximum atomic E-state index is 12.0. The molecule has 0 aliphatic rings. The monoisotopic (exact) mass is 250 g/mol. The molecule has 0 unspecified atom stereocenters. The highest BCUT2D eigenvalue weighted by Gasteiger charge is 2.28. The van der Waals surface area contributed by atoms with Crippen LogP contribution in [0, 0.1) is 11.3 Å². The van der Waals surface area contributed by atoms with Crippen molar-refractivity contribution in [3.8, 4) is 0 Å². The van der Waals surface area contributed by atoms with E-state index >= 15 is 0 Å². The fraction of sp³-hybridized carbons (Fsp3) is 0.400. The number of ketones is 1. The second kappa shape index (κ2) is 5.50. The highest BCUT2D eigenvalue weighted by molar-refractivity contribution is 6.30. The average molecular weight is 251 g/mol. The summed E-state index contributed by atoms with van der Waals surface area (Å²) < 4.78 is 0. The van der Waals surface area contributed by atoms with Crippen LogP contribution < -0.4 is 0 Å². The molecule has 0 saturated carbocycles. The Kier molecular flexibility index (Phi) is 4.53. The van der Waals surface area contributed by atoms with Gasteiger partial charge in [-0.15, -0.1) is 0 Å². The lowest BCUT2D eigenvalue weighted by Gasteiger charge is -2.25. The summed E-state index contributed by atoms with van der Waals surface area (Å²) in [7, 11) is 0. The molecular weight excluding hydrogens is 232 g/mol. The third-order valence-electron chi connectivity index (χ3n) is 3.38. The summed E-state index contributed by atoms with van der Waals surface area (Å²) in [5, 5.41) is 0.705. The molecule has 0 fully saturated rings. The molecule has 0 amide bonds. The van der Waals surface area contributed by atoms with E-state index in [9.17, 15) is 4.79 Å². The number of hydrogen-bond donors (Lipinski definition) is 0. The zero-order valence-electron chi connectivity index (χ0n) is 10.8. The molecule has 0 N–H and O–H groups in total. The molecular formula is C15H19ClO. The van der Waals surface area contributed by atoms with Gasteiger partial charge in [0, 0.05) is 10.4 Å². The second-order valence-electron chi connectivity index (χ2n) is 5.13. The van der Waals surface area contributed by atoms with Crippen LogP contribution in [0.5, 0.6) is 0 Å². The normalized spacial score (nSPS) is 12.4. The maximum Gasteiger partial charge on any atom is 0.161 e. The summed E-state index contributed by atoms with van der Waals surface area (Å²) in [6.45, 7) is 8.08. The van der Waals surface area contributed by atoms with E-state index in [1.54, 1.807) is 6.08 Å². The van der Waals surface area contributed by atoms with Crippen LogP contribution in [0.3, 0.4) is 0 Å². The summed E-state index contributed by atoms with van der Waals surface area (Å²) in [5.41, 5.74) is 0.672. The van der Waals surface area contributed by atoms with E-state index in [4.69, 9.17) is 11.6 Å². The van der Waals surface area contributed by atoms with Gasteiger partial charge in [0.1, 0.15) is 0 Å². The molecule has 0 aromatic heterocycles. The minimum atomic E-state index is -0.317. The Morgan fingerprint density at radius 1 is 1.24 bits per heavy atom. The number of rotatable bonds is 4. The summed E-state index contributed by atoms with van der Waals surface area (Å²) in [6.07, 6.45) is 3.49. The van der Waals surface area contributed by atoms with Gasteiger partial charge in [0.25, 0.3) is 0 Å². The van der Waals surface area contributed by atoms with Crippen molar-refractivity contribution in [2.45, 2.75) is 27.7 Å². The topological polar surface area (TPSA) is 17.1 Å². The zero-order chi connectivity index (χ0) is 13.1. The van der Waals surface area contributed by atoms with Gasteiger partial charge >= 0.3 is 0 Å². The van der Waals surface area contributed by atoms with Crippen LogP contribution in [0.25, 0.3) is 6.08 Å². The van der Waals surface area contributed by atoms with Gasteiger partial charge in [-0.3, -0.25) is 4.79 Å². The van der Waals surface area contributed by atoms with Crippen LogP contribution in [0.1, 0.15) is 33.3 Å². The Morgan fingerprint density at radius 3 is 2.24 bits per heavy atom. The summed E-state index contributed by atoms with van der Waals surface area (Å²) in [4.78, 5) is 12.0. The SMILES string of the molecule is CC(C)C(C)(C)C(=O)/C=C/c1ccc(Cl)cc1. The van der Waals surface area contributed by atoms with Crippen LogP contribution in [-0.4, -0.2) is 5.78 Å². The van der Waals surface area contributed by atoms with E-state index < -0.39 is 0 Å². The molecule has 0 radical (unpaired) electrons. The molecule has 0 aliphatic carbocycles. The van der Waals surface area contributed by atoms with Gasteiger partial charge in [-0.05, 0) is 29.7 Å². The van der Waals surface area contributed by atoms with Crippen molar-refractivity contribution in [3.63, 3.8) is 0 Å². The van der Waals surface area contributed by atoms with E-state index in [2.05, 4.69) is 13.8 Å². The Labute approximate surface area is 108 Å². The number of halogens is 1. The van der Waals surface area contributed by atoms with E-state index in [1.165, 1.54) is 0 Å². The zero-order valence-corrected chi connectivity index (χ0v) is 11.6. The van der Waals surface area contributed by atoms with Gasteiger partial charge < -0.3 is 0 Å². The molecule has 1 nitrogen and oxygen atoms in total. The van der Waals surface area contributed by atoms with E-state index in [0.717, 1.165) is 5.56 Å². The Morgan fingerprint density at radius 2 is 1.76 bits per heavy atom. The van der Waals surface area contributed by atoms with Gasteiger partial charge in [0.05, 0.1) is 0 Å². The first kappa shape index (κ1) is 14.0. The van der Waals surface area contributed by atoms with Gasteiger partial charge in [-0.2, -0.15) is 0 Å². The maximum absolute atomic E-state index is 12.0. The molecule has 17 heavy (non-hydrogen) atoms. The molecule has 0 bridgehead atoms. The molecule has 1 rings (SSSR count). The van der Waals surface area contributed by atoms with Crippen LogP contribution in [0.2, 0.25) is 5.02 Å². The molecule has 1 aromatic rings. The first-order valence-corrected chi connectivity index (χ1v) is 6.20. The lowest BCUT2D eigenvalue weighted by molar-refractivity contribution is -0.124. The fourth-order valence-electron chi connectivity index (χ4n) is 1.25. The van der Waals surface area contributed by atoms with Gasteiger partial charge in [0.2, 0.25) is 0 Å². The molecule has 2 heteroatoms. The third-order valence-corrected chi connectivity index (χ3v) is 3.63. The number of hydrogen-bond acceptors (Lipinski definition) is 1. The molecule has 0 aliphatic heterocycles. The van der Waals surface area contributed by atoms with Crippen LogP contribution in [0.4, 0.5) is 0 Å². The highest BCUT2D eigenvalue weighted by Crippen LogP contribution is 2.27. The first-order chi connectivity index (χ1) is 7.84. The van der Waals surface area contributed by atoms with Crippen LogP contribution in [-0.2, 0) is 4.79 Å². The molecule has 0 heterocycles. The predicted molar refractivity (Wildman–Crippen MR) is 74.1 cm³/mol. The number of allylic oxidation sites excluding steroid dienone is 1. The summed E-state index contributed by atoms with van der Waals surface area (Å²) in [6, 6.07) is 7.43. The predicted octanol–water partition coefficient (Wildman–Crippen LogP) is 4.60. The smallest absolute Gasteiger partial charge is 0.161 e. The molecule has 1 aromatic carbocycles. The Balaban J connectivity index is 2.78. The highest BCUT2D eigenvalue weighted by atomic mass is 35.5. The number of carbonyl (C=O) groups is 1. The van der Waals surface area contributed by atoms with Crippen molar-refractivity contribution in [2.75, 3.05) is 0 Å². The lowest BCUT2D eigenvalue weighted by Crippen LogP contribution is -2.28. The average Bonchev–Trinajstić information content (AvgIpc) is 2.27. The fourth-order valence-corrected chi connectivity index (χ4v) is 1.37. The standard InChI is InChI=1S/C15H19ClO/c1-11(2)15(3,4)14(17)10-7-12-5-8-13(16)9-6-12/h5-11H,1-4H3/b10-7+. The minimum Gasteiger partial charge on any atom is -0.294 e. The van der Waals surface area contributed by atoms with E-state index in [0.29, 0.717) is 10.9 Å². The molecule has 0 atom stereocenters.